The number of nitrogens with two attached hydrogens (primary N) is 1. The summed E-state index contributed by atoms with van der Waals surface area (Å²) in [5, 5.41) is 18.3. The van der Waals surface area contributed by atoms with Gasteiger partial charge in [-0.1, -0.05) is 175 Å². The van der Waals surface area contributed by atoms with Crippen LogP contribution in [0.4, 0.5) is 0 Å². The Morgan fingerprint density at radius 3 is 1.34 bits per heavy atom. The number of esters is 2. The van der Waals surface area contributed by atoms with E-state index in [-0.39, 0.29) is 118 Å². The van der Waals surface area contributed by atoms with Crippen LogP contribution in [0.2, 0.25) is 0 Å². The molecule has 9 rings (SSSR count). The van der Waals surface area contributed by atoms with Crippen molar-refractivity contribution in [3.8, 4) is 5.75 Å². The van der Waals surface area contributed by atoms with E-state index in [4.69, 9.17) is 40.4 Å². The predicted molar refractivity (Wildman–Crippen MR) is 391 cm³/mol. The number of alkyl halides is 3. The van der Waals surface area contributed by atoms with Crippen molar-refractivity contribution in [3.63, 3.8) is 0 Å². The summed E-state index contributed by atoms with van der Waals surface area (Å²) in [4.78, 5) is 105. The zero-order valence-electron chi connectivity index (χ0n) is 50.4. The number of phenols is 1. The van der Waals surface area contributed by atoms with Gasteiger partial charge in [0, 0.05) is 48.1 Å². The summed E-state index contributed by atoms with van der Waals surface area (Å²) < 4.78 is 26.0. The van der Waals surface area contributed by atoms with Gasteiger partial charge in [0.15, 0.2) is 33.6 Å². The van der Waals surface area contributed by atoms with E-state index in [9.17, 15) is 48.3 Å². The molecule has 2 aliphatic carbocycles. The first-order valence-electron chi connectivity index (χ1n) is 28.1. The van der Waals surface area contributed by atoms with Gasteiger partial charge in [0.05, 0.1) is 34.9 Å². The molecule has 7 aromatic rings. The Morgan fingerprint density at radius 1 is 0.596 bits per heavy atom. The van der Waals surface area contributed by atoms with Crippen LogP contribution in [0.5, 0.6) is 5.75 Å². The molecule has 24 heteroatoms. The molecule has 2 fully saturated rings. The maximum absolute atomic E-state index is 12.5. The summed E-state index contributed by atoms with van der Waals surface area (Å²) >= 11 is 13.5. The minimum atomic E-state index is -1.23. The first-order chi connectivity index (χ1) is 41.5. The fourth-order valence-corrected chi connectivity index (χ4v) is 9.06. The van der Waals surface area contributed by atoms with Gasteiger partial charge in [-0.05, 0) is 132 Å². The van der Waals surface area contributed by atoms with Crippen molar-refractivity contribution < 1.29 is 80.3 Å². The molecule has 89 heavy (non-hydrogen) atoms. The van der Waals surface area contributed by atoms with Crippen LogP contribution in [0.25, 0.3) is 32.9 Å². The smallest absolute Gasteiger partial charge is 0.391 e. The van der Waals surface area contributed by atoms with Crippen LogP contribution < -0.4 is 22.0 Å². The molecule has 0 bridgehead atoms. The number of carbonyl (C=O) groups excluding carboxylic acids is 5. The first-order valence-corrected chi connectivity index (χ1v) is 33.7. The summed E-state index contributed by atoms with van der Waals surface area (Å²) in [5.41, 5.74) is 7.36. The van der Waals surface area contributed by atoms with Crippen LogP contribution in [-0.2, 0) is 37.6 Å². The largest absolute Gasteiger partial charge is 0.507 e. The summed E-state index contributed by atoms with van der Waals surface area (Å²) in [5.74, 6) is -1.35. The van der Waals surface area contributed by atoms with E-state index >= 15 is 0 Å². The minimum Gasteiger partial charge on any atom is -0.507 e. The van der Waals surface area contributed by atoms with E-state index in [1.807, 2.05) is 34.7 Å². The summed E-state index contributed by atoms with van der Waals surface area (Å²) in [7, 11) is 0. The third kappa shape index (κ3) is 29.4. The van der Waals surface area contributed by atoms with Crippen LogP contribution in [-0.4, -0.2) is 64.6 Å². The van der Waals surface area contributed by atoms with Crippen LogP contribution >= 0.6 is 126 Å². The van der Waals surface area contributed by atoms with E-state index in [1.165, 1.54) is 77.2 Å². The number of ketones is 2. The normalized spacial score (nSPS) is 12.2. The number of hydrogen-bond donors (Lipinski definition) is 3. The second-order valence-electron chi connectivity index (χ2n) is 19.4. The zero-order chi connectivity index (χ0) is 65.2. The van der Waals surface area contributed by atoms with Gasteiger partial charge in [0.25, 0.3) is 0 Å². The van der Waals surface area contributed by atoms with Gasteiger partial charge < -0.3 is 61.3 Å². The van der Waals surface area contributed by atoms with Crippen molar-refractivity contribution in [1.29, 1.82) is 0 Å². The van der Waals surface area contributed by atoms with Gasteiger partial charge >= 0.3 is 23.2 Å². The summed E-state index contributed by atoms with van der Waals surface area (Å²) in [6.45, 7) is 11.1. The number of ether oxygens (including phenoxy) is 2. The first kappa shape index (κ1) is 85.2. The van der Waals surface area contributed by atoms with Gasteiger partial charge in [0.2, 0.25) is 11.5 Å². The van der Waals surface area contributed by atoms with Crippen molar-refractivity contribution in [2.24, 2.45) is 17.6 Å². The Balaban J connectivity index is 0.00000105. The average Bonchev–Trinajstić information content (AvgIpc) is 2.94. The summed E-state index contributed by atoms with van der Waals surface area (Å²) in [6, 6.07) is 27.1. The Labute approximate surface area is 607 Å². The standard InChI is InChI=1S/C19H22O3.C13H12O4.C11H8O4.C9H10O2.C7H15N.C4H5ClO3.CHI3.CH2I.HI.V/c1-13-18(21)15-9-5-6-10-17(15)22-19(13)16(20)12-11-14-7-3-2-4-8-14;1-3-16-13(15)12-8(2)11(14)9-6-4-5-7-10(9)17-12;1-6-9(12)7-4-2-3-5-8(7)15-10(6)11(13)14;1-2-8(10)7-5-3-4-6-9(7)11;8-6-7-4-2-1-3-5-7;1-2-8-4(7)3(5)6;2-1(3)4;1-2;;/h5-6,9-10,14H,2-4,7-8,11-12H2,1H3;4-7H,3H2,1-2H3;2-5H,1H3,(H,13,14);3-6,11H,2H2,1H3;7H,1-6,8H2;2H2,1H3;1H;1H2;1H;/q;;;;;;;-1;;. The molecule has 0 unspecified atom stereocenters. The van der Waals surface area contributed by atoms with E-state index in [1.54, 1.807) is 113 Å². The zero-order valence-corrected chi connectivity index (χ0v) is 63.5. The molecule has 2 aliphatic rings. The Morgan fingerprint density at radius 2 is 0.966 bits per heavy atom. The number of benzene rings is 4. The second kappa shape index (κ2) is 47.1. The molecule has 17 nitrogen and oxygen atoms in total. The molecule has 3 aromatic heterocycles. The van der Waals surface area contributed by atoms with Gasteiger partial charge in [-0.3, -0.25) is 33.7 Å². The number of aromatic carboxylic acids is 1. The maximum Gasteiger partial charge on any atom is 0.391 e. The third-order valence-electron chi connectivity index (χ3n) is 13.5. The monoisotopic (exact) mass is 1850 g/mol. The number of Topliss-reactive ketones (excluding diaryl/α,β-unsaturated/α-hetero) is 2. The van der Waals surface area contributed by atoms with Gasteiger partial charge in [-0.2, -0.15) is 0 Å². The Kier molecular flexibility index (Phi) is 45.1. The second-order valence-corrected chi connectivity index (χ2v) is 30.6. The number of rotatable bonds is 12. The number of halogens is 6. The molecule has 0 aliphatic heterocycles. The molecular formula is C65H76ClI5NO16V-. The number of hydrogen-bond acceptors (Lipinski definition) is 16. The molecular weight excluding hydrogens is 1770 g/mol. The topological polar surface area (TPSA) is 278 Å². The van der Waals surface area contributed by atoms with Crippen molar-refractivity contribution in [3.05, 3.63) is 172 Å². The summed E-state index contributed by atoms with van der Waals surface area (Å²) in [6.07, 6.45) is 15.2. The number of carbonyl (C=O) groups is 6. The molecule has 3 heterocycles. The molecule has 0 amide bonds. The molecule has 4 aromatic carbocycles. The fraction of sp³-hybridized carbons (Fsp3) is 0.385. The van der Waals surface area contributed by atoms with E-state index in [0.29, 0.717) is 62.8 Å². The van der Waals surface area contributed by atoms with Gasteiger partial charge in [0.1, 0.15) is 22.4 Å². The number of carboxylic acid groups (broad SMARTS) is 1. The van der Waals surface area contributed by atoms with E-state index in [2.05, 4.69) is 77.4 Å². The van der Waals surface area contributed by atoms with Crippen LogP contribution in [0, 0.1) is 37.5 Å². The van der Waals surface area contributed by atoms with Gasteiger partial charge in [-0.25, -0.2) is 14.4 Å². The van der Waals surface area contributed by atoms with E-state index in [0.717, 1.165) is 18.8 Å². The Hall–Kier alpha value is -3.79. The number of phenolic OH excluding ortho intramolecular Hbond substituents is 1. The maximum atomic E-state index is 12.5. The number of carboxylic acids is 1. The van der Waals surface area contributed by atoms with E-state index < -0.39 is 23.2 Å². The average molecular weight is 1850 g/mol. The van der Waals surface area contributed by atoms with Crippen molar-refractivity contribution in [2.45, 2.75) is 125 Å². The predicted octanol–water partition coefficient (Wildman–Crippen LogP) is 17.0. The van der Waals surface area contributed by atoms with Gasteiger partial charge in [-0.15, -0.1) is 24.0 Å². The molecule has 4 N–H and O–H groups in total. The van der Waals surface area contributed by atoms with Crippen molar-refractivity contribution >= 4 is 194 Å². The van der Waals surface area contributed by atoms with Crippen LogP contribution in [0.15, 0.2) is 125 Å². The quantitative estimate of drug-likeness (QED) is 0.0195. The molecule has 2 saturated carbocycles. The molecule has 0 spiro atoms. The van der Waals surface area contributed by atoms with Crippen LogP contribution in [0.3, 0.4) is 0 Å². The molecule has 0 atom stereocenters. The molecule has 485 valence electrons. The number of aromatic hydroxyl groups is 1. The number of fused-ring (bicyclic) bond motifs is 3. The van der Waals surface area contributed by atoms with Crippen molar-refractivity contribution in [1.82, 2.24) is 0 Å². The van der Waals surface area contributed by atoms with Crippen molar-refractivity contribution in [2.75, 3.05) is 19.8 Å². The SMILES string of the molecule is CCC(=O)c1ccccc1O.CCOC(=O)C(=O)Cl.CCOC(=O)c1oc2ccccc2c(=O)c1C.Cc1c(C(=O)CCC2CCCCC2)oc2ccccc2c1=O.Cc1c(C(=O)O)oc2ccccc2c1=O.I.IC(I)I.NCC1CCCCC1.[CH2-]I.[V]. The fourth-order valence-electron chi connectivity index (χ4n) is 9.00. The number of para-hydroxylation sites is 4. The molecule has 0 saturated heterocycles. The van der Waals surface area contributed by atoms with Crippen LogP contribution in [0.1, 0.15) is 163 Å². The Bertz CT molecular complexity index is 3540. The molecule has 1 radical (unpaired) electrons. The minimum absolute atomic E-state index is 0. The third-order valence-corrected chi connectivity index (χ3v) is 13.7.